The maximum absolute atomic E-state index is 6.04. The van der Waals surface area contributed by atoms with Crippen molar-refractivity contribution in [3.63, 3.8) is 0 Å². The van der Waals surface area contributed by atoms with Gasteiger partial charge in [-0.2, -0.15) is 0 Å². The van der Waals surface area contributed by atoms with Gasteiger partial charge in [-0.25, -0.2) is 4.99 Å². The lowest BCUT2D eigenvalue weighted by atomic mass is 9.92. The zero-order chi connectivity index (χ0) is 32.7. The van der Waals surface area contributed by atoms with E-state index < -0.39 is 0 Å². The van der Waals surface area contributed by atoms with E-state index in [0.29, 0.717) is 12.4 Å². The van der Waals surface area contributed by atoms with E-state index in [1.165, 1.54) is 59.1 Å². The van der Waals surface area contributed by atoms with Crippen LogP contribution in [-0.4, -0.2) is 12.6 Å². The zero-order valence-electron chi connectivity index (χ0n) is 26.6. The van der Waals surface area contributed by atoms with Gasteiger partial charge in [0.25, 0.3) is 0 Å². The fourth-order valence-corrected chi connectivity index (χ4v) is 8.07. The Hall–Kier alpha value is -6.10. The zero-order valence-corrected chi connectivity index (χ0v) is 27.5. The minimum Gasteiger partial charge on any atom is -0.456 e. The third kappa shape index (κ3) is 5.23. The third-order valence-corrected chi connectivity index (χ3v) is 10.4. The summed E-state index contributed by atoms with van der Waals surface area (Å²) in [5.41, 5.74) is 11.1. The van der Waals surface area contributed by atoms with Crippen molar-refractivity contribution in [3.05, 3.63) is 169 Å². The largest absolute Gasteiger partial charge is 0.456 e. The molecule has 0 radical (unpaired) electrons. The minimum atomic E-state index is 0.495. The number of amidine groups is 1. The van der Waals surface area contributed by atoms with Crippen LogP contribution in [0.15, 0.2) is 172 Å². The molecule has 0 fully saturated rings. The number of fused-ring (bicyclic) bond motifs is 6. The SMILES string of the molecule is C=NC(=NCc1cccc2sc3ccc(-c4ccccc4-c4cccc(-c5ccccc5)c4)cc3c12)c1ccc2oc3ccccc3c2c1. The van der Waals surface area contributed by atoms with Crippen molar-refractivity contribution in [2.75, 3.05) is 0 Å². The second kappa shape index (κ2) is 12.2. The van der Waals surface area contributed by atoms with Gasteiger partial charge >= 0.3 is 0 Å². The molecule has 2 aromatic heterocycles. The minimum absolute atomic E-state index is 0.495. The van der Waals surface area contributed by atoms with E-state index in [1.807, 2.05) is 41.7 Å². The van der Waals surface area contributed by atoms with Gasteiger partial charge in [-0.1, -0.05) is 109 Å². The summed E-state index contributed by atoms with van der Waals surface area (Å²) >= 11 is 1.83. The Morgan fingerprint density at radius 2 is 1.24 bits per heavy atom. The second-order valence-corrected chi connectivity index (χ2v) is 13.3. The normalized spacial score (nSPS) is 12.0. The predicted octanol–water partition coefficient (Wildman–Crippen LogP) is 12.6. The maximum atomic E-state index is 6.04. The topological polar surface area (TPSA) is 37.9 Å². The molecule has 0 amide bonds. The van der Waals surface area contributed by atoms with Gasteiger partial charge in [-0.05, 0) is 94.2 Å². The van der Waals surface area contributed by atoms with Crippen LogP contribution in [0.5, 0.6) is 0 Å². The molecule has 49 heavy (non-hydrogen) atoms. The van der Waals surface area contributed by atoms with Crippen molar-refractivity contribution in [2.45, 2.75) is 6.54 Å². The van der Waals surface area contributed by atoms with E-state index in [0.717, 1.165) is 27.5 Å². The molecule has 0 aliphatic heterocycles. The summed E-state index contributed by atoms with van der Waals surface area (Å²) in [5, 5.41) is 4.63. The highest BCUT2D eigenvalue weighted by atomic mass is 32.1. The van der Waals surface area contributed by atoms with Crippen molar-refractivity contribution in [2.24, 2.45) is 9.98 Å². The van der Waals surface area contributed by atoms with Crippen LogP contribution in [0.1, 0.15) is 11.1 Å². The molecule has 0 spiro atoms. The Morgan fingerprint density at radius 3 is 2.10 bits per heavy atom. The van der Waals surface area contributed by atoms with E-state index >= 15 is 0 Å². The molecule has 0 atom stereocenters. The predicted molar refractivity (Wildman–Crippen MR) is 209 cm³/mol. The smallest absolute Gasteiger partial charge is 0.154 e. The molecule has 232 valence electrons. The Bertz CT molecular complexity index is 2720. The molecule has 0 unspecified atom stereocenters. The Labute approximate surface area is 288 Å². The standard InChI is InChI=1S/C45H30N2OS/c1-46-45(33-21-23-41-38(27-33)37-18-7-8-19-40(37)48-41)47-28-34-15-10-20-43-44(34)39-26-32(22-24-42(39)49-43)36-17-6-5-16-35(36)31-14-9-13-30(25-31)29-11-3-2-4-12-29/h2-27H,1,28H2. The highest BCUT2D eigenvalue weighted by Gasteiger charge is 2.15. The summed E-state index contributed by atoms with van der Waals surface area (Å²) in [7, 11) is 0. The number of para-hydroxylation sites is 1. The van der Waals surface area contributed by atoms with E-state index in [-0.39, 0.29) is 0 Å². The van der Waals surface area contributed by atoms with Crippen molar-refractivity contribution in [1.82, 2.24) is 0 Å². The van der Waals surface area contributed by atoms with E-state index in [4.69, 9.17) is 9.41 Å². The highest BCUT2D eigenvalue weighted by molar-refractivity contribution is 7.25. The molecule has 0 aliphatic rings. The lowest BCUT2D eigenvalue weighted by Gasteiger charge is -2.12. The van der Waals surface area contributed by atoms with Crippen molar-refractivity contribution in [1.29, 1.82) is 0 Å². The van der Waals surface area contributed by atoms with E-state index in [2.05, 4.69) is 139 Å². The van der Waals surface area contributed by atoms with Crippen molar-refractivity contribution < 1.29 is 4.42 Å². The summed E-state index contributed by atoms with van der Waals surface area (Å²) < 4.78 is 8.56. The molecular formula is C45H30N2OS. The van der Waals surface area contributed by atoms with Gasteiger partial charge < -0.3 is 4.42 Å². The molecule has 0 bridgehead atoms. The average Bonchev–Trinajstić information content (AvgIpc) is 3.74. The van der Waals surface area contributed by atoms with Crippen molar-refractivity contribution >= 4 is 66.0 Å². The first-order chi connectivity index (χ1) is 24.2. The molecule has 9 aromatic rings. The number of nitrogens with zero attached hydrogens (tertiary/aromatic N) is 2. The monoisotopic (exact) mass is 646 g/mol. The van der Waals surface area contributed by atoms with Gasteiger partial charge in [-0.3, -0.25) is 4.99 Å². The Kier molecular flexibility index (Phi) is 7.22. The van der Waals surface area contributed by atoms with Crippen LogP contribution < -0.4 is 0 Å². The highest BCUT2D eigenvalue weighted by Crippen LogP contribution is 2.41. The Morgan fingerprint density at radius 1 is 0.531 bits per heavy atom. The first-order valence-electron chi connectivity index (χ1n) is 16.4. The number of benzene rings is 7. The summed E-state index contributed by atoms with van der Waals surface area (Å²) in [6.07, 6.45) is 0. The number of furan rings is 1. The van der Waals surface area contributed by atoms with Gasteiger partial charge in [-0.15, -0.1) is 11.3 Å². The van der Waals surface area contributed by atoms with Gasteiger partial charge in [0.15, 0.2) is 5.84 Å². The van der Waals surface area contributed by atoms with Crippen molar-refractivity contribution in [3.8, 4) is 33.4 Å². The quantitative estimate of drug-likeness (QED) is 0.131. The fourth-order valence-electron chi connectivity index (χ4n) is 6.94. The molecule has 0 aliphatic carbocycles. The molecule has 2 heterocycles. The van der Waals surface area contributed by atoms with Gasteiger partial charge in [0.05, 0.1) is 6.54 Å². The average molecular weight is 647 g/mol. The molecule has 9 rings (SSSR count). The van der Waals surface area contributed by atoms with Crippen LogP contribution in [0, 0.1) is 0 Å². The molecular weight excluding hydrogens is 617 g/mol. The lowest BCUT2D eigenvalue weighted by Crippen LogP contribution is -1.98. The number of hydrogen-bond acceptors (Lipinski definition) is 3. The van der Waals surface area contributed by atoms with Crippen LogP contribution in [0.2, 0.25) is 0 Å². The molecule has 4 heteroatoms. The number of hydrogen-bond donors (Lipinski definition) is 0. The number of aliphatic imine (C=N–C) groups is 2. The lowest BCUT2D eigenvalue weighted by molar-refractivity contribution is 0.669. The second-order valence-electron chi connectivity index (χ2n) is 12.2. The van der Waals surface area contributed by atoms with Crippen LogP contribution in [-0.2, 0) is 6.54 Å². The molecule has 0 saturated carbocycles. The van der Waals surface area contributed by atoms with Gasteiger partial charge in [0, 0.05) is 36.5 Å². The summed E-state index contributed by atoms with van der Waals surface area (Å²) in [6.45, 7) is 4.38. The van der Waals surface area contributed by atoms with Gasteiger partial charge in [0.1, 0.15) is 11.2 Å². The van der Waals surface area contributed by atoms with E-state index in [1.54, 1.807) is 0 Å². The van der Waals surface area contributed by atoms with Crippen LogP contribution >= 0.6 is 11.3 Å². The fraction of sp³-hybridized carbons (Fsp3) is 0.0222. The molecule has 0 N–H and O–H groups in total. The molecule has 0 saturated heterocycles. The summed E-state index contributed by atoms with van der Waals surface area (Å²) in [6, 6.07) is 55.7. The first-order valence-corrected chi connectivity index (χ1v) is 17.2. The Balaban J connectivity index is 1.11. The van der Waals surface area contributed by atoms with Crippen LogP contribution in [0.4, 0.5) is 0 Å². The maximum Gasteiger partial charge on any atom is 0.154 e. The molecule has 3 nitrogen and oxygen atoms in total. The molecule has 7 aromatic carbocycles. The van der Waals surface area contributed by atoms with Gasteiger partial charge in [0.2, 0.25) is 0 Å². The summed E-state index contributed by atoms with van der Waals surface area (Å²) in [5.74, 6) is 0.621. The van der Waals surface area contributed by atoms with Crippen LogP contribution in [0.3, 0.4) is 0 Å². The number of rotatable bonds is 6. The van der Waals surface area contributed by atoms with Crippen LogP contribution in [0.25, 0.3) is 75.5 Å². The van der Waals surface area contributed by atoms with E-state index in [9.17, 15) is 0 Å². The summed E-state index contributed by atoms with van der Waals surface area (Å²) in [4.78, 5) is 9.38. The first kappa shape index (κ1) is 29.1. The third-order valence-electron chi connectivity index (χ3n) is 9.28. The number of thiophene rings is 1.